The minimum atomic E-state index is -1.06. The molecule has 0 aliphatic heterocycles. The van der Waals surface area contributed by atoms with Crippen molar-refractivity contribution >= 4 is 12.0 Å². The Hall–Kier alpha value is -1.34. The molecule has 1 fully saturated rings. The van der Waals surface area contributed by atoms with Crippen LogP contribution >= 0.6 is 0 Å². The molecule has 0 radical (unpaired) electrons. The number of urea groups is 1. The number of carbonyl (C=O) groups excluding carboxylic acids is 1. The Labute approximate surface area is 119 Å². The molecule has 2 N–H and O–H groups in total. The lowest BCUT2D eigenvalue weighted by Crippen LogP contribution is -2.51. The first kappa shape index (κ1) is 16.7. The molecule has 0 bridgehead atoms. The standard InChI is InChI=1S/C13H24N2O5/c1-3-19-9-7-15(8-10-20-4-2)12(18)14-13(5-6-13)11(16)17/h3-10H2,1-2H3,(H,14,18)(H,16,17). The molecule has 7 heteroatoms. The summed E-state index contributed by atoms with van der Waals surface area (Å²) in [5.41, 5.74) is -1.06. The first-order valence-electron chi connectivity index (χ1n) is 7.01. The van der Waals surface area contributed by atoms with E-state index in [0.717, 1.165) is 0 Å². The van der Waals surface area contributed by atoms with Crippen molar-refractivity contribution in [3.05, 3.63) is 0 Å². The molecule has 2 amide bonds. The first-order chi connectivity index (χ1) is 9.55. The molecular weight excluding hydrogens is 264 g/mol. The van der Waals surface area contributed by atoms with Gasteiger partial charge in [0.1, 0.15) is 5.54 Å². The van der Waals surface area contributed by atoms with E-state index in [-0.39, 0.29) is 6.03 Å². The van der Waals surface area contributed by atoms with Crippen LogP contribution in [0.5, 0.6) is 0 Å². The van der Waals surface area contributed by atoms with E-state index >= 15 is 0 Å². The number of rotatable bonds is 10. The van der Waals surface area contributed by atoms with Crippen LogP contribution in [-0.2, 0) is 14.3 Å². The Kier molecular flexibility index (Phi) is 6.74. The average molecular weight is 288 g/mol. The molecule has 1 saturated carbocycles. The lowest BCUT2D eigenvalue weighted by Gasteiger charge is -2.25. The van der Waals surface area contributed by atoms with Gasteiger partial charge in [0.25, 0.3) is 0 Å². The van der Waals surface area contributed by atoms with Gasteiger partial charge < -0.3 is 24.8 Å². The van der Waals surface area contributed by atoms with Crippen molar-refractivity contribution in [3.8, 4) is 0 Å². The van der Waals surface area contributed by atoms with E-state index in [1.54, 1.807) is 0 Å². The van der Waals surface area contributed by atoms with Gasteiger partial charge in [0.2, 0.25) is 0 Å². The van der Waals surface area contributed by atoms with Crippen molar-refractivity contribution in [2.75, 3.05) is 39.5 Å². The fourth-order valence-corrected chi connectivity index (χ4v) is 1.75. The predicted octanol–water partition coefficient (Wildman–Crippen LogP) is 0.688. The summed E-state index contributed by atoms with van der Waals surface area (Å²) in [4.78, 5) is 24.7. The summed E-state index contributed by atoms with van der Waals surface area (Å²) in [6.07, 6.45) is 0.970. The van der Waals surface area contributed by atoms with E-state index in [9.17, 15) is 9.59 Å². The largest absolute Gasteiger partial charge is 0.480 e. The van der Waals surface area contributed by atoms with E-state index in [4.69, 9.17) is 14.6 Å². The van der Waals surface area contributed by atoms with Crippen molar-refractivity contribution in [3.63, 3.8) is 0 Å². The summed E-state index contributed by atoms with van der Waals surface area (Å²) in [6.45, 7) is 6.62. The van der Waals surface area contributed by atoms with Gasteiger partial charge in [-0.15, -0.1) is 0 Å². The molecule has 0 aromatic rings. The highest BCUT2D eigenvalue weighted by Gasteiger charge is 2.52. The normalized spacial score (nSPS) is 15.7. The maximum absolute atomic E-state index is 12.1. The topological polar surface area (TPSA) is 88.1 Å². The SMILES string of the molecule is CCOCCN(CCOCC)C(=O)NC1(C(=O)O)CC1. The van der Waals surface area contributed by atoms with Crippen LogP contribution in [0.15, 0.2) is 0 Å². The van der Waals surface area contributed by atoms with Gasteiger partial charge in [0.05, 0.1) is 13.2 Å². The quantitative estimate of drug-likeness (QED) is 0.577. The average Bonchev–Trinajstić information content (AvgIpc) is 3.18. The van der Waals surface area contributed by atoms with Crippen LogP contribution in [0.25, 0.3) is 0 Å². The molecule has 0 saturated heterocycles. The lowest BCUT2D eigenvalue weighted by molar-refractivity contribution is -0.140. The molecule has 0 heterocycles. The van der Waals surface area contributed by atoms with E-state index in [0.29, 0.717) is 52.4 Å². The number of nitrogens with zero attached hydrogens (tertiary/aromatic N) is 1. The van der Waals surface area contributed by atoms with Crippen LogP contribution in [0.1, 0.15) is 26.7 Å². The van der Waals surface area contributed by atoms with Crippen molar-refractivity contribution in [1.29, 1.82) is 0 Å². The van der Waals surface area contributed by atoms with E-state index < -0.39 is 11.5 Å². The van der Waals surface area contributed by atoms with Crippen molar-refractivity contribution in [1.82, 2.24) is 10.2 Å². The minimum absolute atomic E-state index is 0.371. The Morgan fingerprint density at radius 3 is 2.00 bits per heavy atom. The number of hydrogen-bond acceptors (Lipinski definition) is 4. The third-order valence-corrected chi connectivity index (χ3v) is 3.21. The van der Waals surface area contributed by atoms with E-state index in [1.165, 1.54) is 4.90 Å². The molecule has 116 valence electrons. The van der Waals surface area contributed by atoms with Crippen LogP contribution in [-0.4, -0.2) is 67.1 Å². The molecule has 0 aromatic carbocycles. The molecular formula is C13H24N2O5. The van der Waals surface area contributed by atoms with Crippen molar-refractivity contribution in [2.24, 2.45) is 0 Å². The maximum Gasteiger partial charge on any atom is 0.329 e. The number of hydrogen-bond donors (Lipinski definition) is 2. The van der Waals surface area contributed by atoms with Crippen molar-refractivity contribution < 1.29 is 24.2 Å². The van der Waals surface area contributed by atoms with E-state index in [1.807, 2.05) is 13.8 Å². The second-order valence-electron chi connectivity index (χ2n) is 4.70. The van der Waals surface area contributed by atoms with Crippen molar-refractivity contribution in [2.45, 2.75) is 32.2 Å². The number of carboxylic acids is 1. The fourth-order valence-electron chi connectivity index (χ4n) is 1.75. The van der Waals surface area contributed by atoms with Gasteiger partial charge in [-0.2, -0.15) is 0 Å². The molecule has 20 heavy (non-hydrogen) atoms. The summed E-state index contributed by atoms with van der Waals surface area (Å²) in [5.74, 6) is -0.972. The lowest BCUT2D eigenvalue weighted by atomic mass is 10.3. The summed E-state index contributed by atoms with van der Waals surface area (Å²) in [7, 11) is 0. The summed E-state index contributed by atoms with van der Waals surface area (Å²) >= 11 is 0. The smallest absolute Gasteiger partial charge is 0.329 e. The Bertz CT molecular complexity index is 321. The zero-order valence-corrected chi connectivity index (χ0v) is 12.2. The van der Waals surface area contributed by atoms with Gasteiger partial charge in [0.15, 0.2) is 0 Å². The van der Waals surface area contributed by atoms with Crippen LogP contribution in [0, 0.1) is 0 Å². The second-order valence-corrected chi connectivity index (χ2v) is 4.70. The summed E-state index contributed by atoms with van der Waals surface area (Å²) < 4.78 is 10.5. The molecule has 0 unspecified atom stereocenters. The zero-order chi connectivity index (χ0) is 15.0. The molecule has 1 rings (SSSR count). The second kappa shape index (κ2) is 8.06. The predicted molar refractivity (Wildman–Crippen MR) is 72.7 cm³/mol. The zero-order valence-electron chi connectivity index (χ0n) is 12.2. The third-order valence-electron chi connectivity index (χ3n) is 3.21. The molecule has 1 aliphatic carbocycles. The van der Waals surface area contributed by atoms with Gasteiger partial charge in [-0.3, -0.25) is 0 Å². The van der Waals surface area contributed by atoms with Crippen LogP contribution in [0.3, 0.4) is 0 Å². The number of amides is 2. The summed E-state index contributed by atoms with van der Waals surface area (Å²) in [6, 6.07) is -0.371. The molecule has 0 atom stereocenters. The molecule has 0 aromatic heterocycles. The number of carbonyl (C=O) groups is 2. The molecule has 1 aliphatic rings. The Balaban J connectivity index is 2.47. The van der Waals surface area contributed by atoms with Gasteiger partial charge in [-0.25, -0.2) is 9.59 Å². The minimum Gasteiger partial charge on any atom is -0.480 e. The van der Waals surface area contributed by atoms with Gasteiger partial charge in [-0.1, -0.05) is 0 Å². The van der Waals surface area contributed by atoms with E-state index in [2.05, 4.69) is 5.32 Å². The highest BCUT2D eigenvalue weighted by atomic mass is 16.5. The number of ether oxygens (including phenoxy) is 2. The van der Waals surface area contributed by atoms with Crippen LogP contribution in [0.2, 0.25) is 0 Å². The van der Waals surface area contributed by atoms with Crippen LogP contribution < -0.4 is 5.32 Å². The fraction of sp³-hybridized carbons (Fsp3) is 0.846. The maximum atomic E-state index is 12.1. The number of nitrogens with one attached hydrogen (secondary N) is 1. The number of aliphatic carboxylic acids is 1. The number of carboxylic acid groups (broad SMARTS) is 1. The van der Waals surface area contributed by atoms with Gasteiger partial charge in [0, 0.05) is 26.3 Å². The highest BCUT2D eigenvalue weighted by molar-refractivity contribution is 5.88. The van der Waals surface area contributed by atoms with Crippen LogP contribution in [0.4, 0.5) is 4.79 Å². The highest BCUT2D eigenvalue weighted by Crippen LogP contribution is 2.35. The summed E-state index contributed by atoms with van der Waals surface area (Å²) in [5, 5.41) is 11.7. The Morgan fingerprint density at radius 2 is 1.65 bits per heavy atom. The van der Waals surface area contributed by atoms with Gasteiger partial charge in [-0.05, 0) is 26.7 Å². The molecule has 0 spiro atoms. The monoisotopic (exact) mass is 288 g/mol. The third kappa shape index (κ3) is 4.97. The molecule has 7 nitrogen and oxygen atoms in total. The van der Waals surface area contributed by atoms with Gasteiger partial charge >= 0.3 is 12.0 Å². The Morgan fingerprint density at radius 1 is 1.15 bits per heavy atom. The first-order valence-corrected chi connectivity index (χ1v) is 7.01.